The van der Waals surface area contributed by atoms with Crippen LogP contribution in [-0.4, -0.2) is 45.6 Å². The largest absolute Gasteiger partial charge is 0.393 e. The van der Waals surface area contributed by atoms with E-state index in [1.807, 2.05) is 6.20 Å². The zero-order chi connectivity index (χ0) is 17.0. The summed E-state index contributed by atoms with van der Waals surface area (Å²) in [5.74, 6) is 0.0119. The number of aliphatic hydroxyl groups excluding tert-OH is 1. The van der Waals surface area contributed by atoms with Gasteiger partial charge in [0.15, 0.2) is 4.34 Å². The quantitative estimate of drug-likeness (QED) is 0.804. The lowest BCUT2D eigenvalue weighted by atomic mass is 9.79. The Bertz CT molecular complexity index is 740. The number of nitrogens with one attached hydrogen (secondary N) is 1. The SMILES string of the molecule is C[C@H]1C=C(c2csc(SC3=CN4C(=O)[C@H]([C@@H](C)O)[C@H]4[C@H]3C)n2)CN1. The van der Waals surface area contributed by atoms with Crippen LogP contribution in [0.25, 0.3) is 5.57 Å². The van der Waals surface area contributed by atoms with Gasteiger partial charge in [0.2, 0.25) is 5.91 Å². The highest BCUT2D eigenvalue weighted by Crippen LogP contribution is 2.48. The van der Waals surface area contributed by atoms with E-state index < -0.39 is 6.10 Å². The lowest BCUT2D eigenvalue weighted by molar-refractivity contribution is -0.158. The molecule has 0 radical (unpaired) electrons. The summed E-state index contributed by atoms with van der Waals surface area (Å²) in [7, 11) is 0. The second-order valence-electron chi connectivity index (χ2n) is 6.78. The number of amides is 1. The highest BCUT2D eigenvalue weighted by atomic mass is 32.2. The van der Waals surface area contributed by atoms with E-state index in [2.05, 4.69) is 30.6 Å². The van der Waals surface area contributed by atoms with Gasteiger partial charge in [0.05, 0.1) is 23.8 Å². The zero-order valence-electron chi connectivity index (χ0n) is 13.9. The summed E-state index contributed by atoms with van der Waals surface area (Å²) in [6.45, 7) is 6.84. The van der Waals surface area contributed by atoms with E-state index in [4.69, 9.17) is 4.98 Å². The molecule has 4 heterocycles. The van der Waals surface area contributed by atoms with Gasteiger partial charge >= 0.3 is 0 Å². The Morgan fingerprint density at radius 3 is 2.96 bits per heavy atom. The average molecular weight is 364 g/mol. The van der Waals surface area contributed by atoms with Crippen molar-refractivity contribution in [1.82, 2.24) is 15.2 Å². The number of carbonyl (C=O) groups is 1. The van der Waals surface area contributed by atoms with E-state index in [0.717, 1.165) is 21.5 Å². The molecule has 0 aromatic carbocycles. The molecule has 3 aliphatic rings. The molecule has 4 rings (SSSR count). The van der Waals surface area contributed by atoms with E-state index >= 15 is 0 Å². The maximum atomic E-state index is 12.1. The second-order valence-corrected chi connectivity index (χ2v) is 8.96. The van der Waals surface area contributed by atoms with Gasteiger partial charge < -0.3 is 15.3 Å². The summed E-state index contributed by atoms with van der Waals surface area (Å²) in [4.78, 5) is 19.8. The Morgan fingerprint density at radius 1 is 1.50 bits per heavy atom. The predicted molar refractivity (Wildman–Crippen MR) is 96.5 cm³/mol. The van der Waals surface area contributed by atoms with E-state index in [1.165, 1.54) is 5.57 Å². The standard InChI is InChI=1S/C17H21N3O2S2/c1-8-4-11(5-18-8)12-7-23-17(19-12)24-13-6-20-15(9(13)2)14(10(3)21)16(20)22/h4,6-10,14-15,18,21H,5H2,1-3H3/t8-,9-,10+,14+,15+/m0/s1. The number of aromatic nitrogens is 1. The molecule has 0 spiro atoms. The summed E-state index contributed by atoms with van der Waals surface area (Å²) in [5, 5.41) is 15.3. The first kappa shape index (κ1) is 16.3. The predicted octanol–water partition coefficient (Wildman–Crippen LogP) is 2.31. The van der Waals surface area contributed by atoms with Crippen LogP contribution in [0.4, 0.5) is 0 Å². The Morgan fingerprint density at radius 2 is 2.29 bits per heavy atom. The number of rotatable bonds is 4. The van der Waals surface area contributed by atoms with Gasteiger partial charge in [0.1, 0.15) is 0 Å². The first-order valence-corrected chi connectivity index (χ1v) is 9.95. The fourth-order valence-electron chi connectivity index (χ4n) is 3.71. The molecule has 0 aliphatic carbocycles. The van der Waals surface area contributed by atoms with Gasteiger partial charge in [-0.2, -0.15) is 0 Å². The molecular formula is C17H21N3O2S2. The van der Waals surface area contributed by atoms with E-state index in [-0.39, 0.29) is 23.8 Å². The summed E-state index contributed by atoms with van der Waals surface area (Å²) in [6, 6.07) is 0.504. The lowest BCUT2D eigenvalue weighted by Gasteiger charge is -2.45. The van der Waals surface area contributed by atoms with Gasteiger partial charge in [-0.25, -0.2) is 4.98 Å². The number of thiazole rings is 1. The summed E-state index contributed by atoms with van der Waals surface area (Å²) < 4.78 is 1.01. The van der Waals surface area contributed by atoms with Crippen molar-refractivity contribution in [3.05, 3.63) is 28.3 Å². The van der Waals surface area contributed by atoms with Crippen molar-refractivity contribution in [3.63, 3.8) is 0 Å². The normalized spacial score (nSPS) is 33.2. The van der Waals surface area contributed by atoms with Gasteiger partial charge in [0.25, 0.3) is 0 Å². The Balaban J connectivity index is 1.48. The zero-order valence-corrected chi connectivity index (χ0v) is 15.5. The van der Waals surface area contributed by atoms with Crippen LogP contribution in [0.3, 0.4) is 0 Å². The van der Waals surface area contributed by atoms with Crippen molar-refractivity contribution in [3.8, 4) is 0 Å². The van der Waals surface area contributed by atoms with Gasteiger partial charge in [-0.15, -0.1) is 11.3 Å². The van der Waals surface area contributed by atoms with E-state index in [9.17, 15) is 9.90 Å². The molecule has 1 fully saturated rings. The third kappa shape index (κ3) is 2.54. The van der Waals surface area contributed by atoms with Crippen LogP contribution in [-0.2, 0) is 4.79 Å². The molecule has 5 atom stereocenters. The van der Waals surface area contributed by atoms with Crippen LogP contribution >= 0.6 is 23.1 Å². The van der Waals surface area contributed by atoms with Gasteiger partial charge in [-0.1, -0.05) is 24.8 Å². The Hall–Kier alpha value is -1.15. The van der Waals surface area contributed by atoms with Crippen LogP contribution < -0.4 is 5.32 Å². The number of carbonyl (C=O) groups excluding carboxylic acids is 1. The molecule has 0 saturated carbocycles. The van der Waals surface area contributed by atoms with E-state index in [0.29, 0.717) is 6.04 Å². The molecule has 128 valence electrons. The van der Waals surface area contributed by atoms with Crippen LogP contribution in [0.2, 0.25) is 0 Å². The summed E-state index contributed by atoms with van der Waals surface area (Å²) in [5.41, 5.74) is 2.30. The first-order valence-electron chi connectivity index (χ1n) is 8.25. The average Bonchev–Trinajstić information content (AvgIpc) is 3.20. The molecule has 0 bridgehead atoms. The minimum atomic E-state index is -0.589. The molecule has 1 saturated heterocycles. The topological polar surface area (TPSA) is 65.5 Å². The van der Waals surface area contributed by atoms with Crippen LogP contribution in [0.15, 0.2) is 26.9 Å². The van der Waals surface area contributed by atoms with E-state index in [1.54, 1.807) is 34.9 Å². The lowest BCUT2D eigenvalue weighted by Crippen LogP contribution is -2.61. The van der Waals surface area contributed by atoms with Crippen molar-refractivity contribution in [1.29, 1.82) is 0 Å². The fraction of sp³-hybridized carbons (Fsp3) is 0.529. The molecule has 7 heteroatoms. The molecule has 5 nitrogen and oxygen atoms in total. The van der Waals surface area contributed by atoms with Crippen LogP contribution in [0, 0.1) is 11.8 Å². The molecular weight excluding hydrogens is 342 g/mol. The highest BCUT2D eigenvalue weighted by molar-refractivity contribution is 8.04. The van der Waals surface area contributed by atoms with Crippen molar-refractivity contribution in [2.24, 2.45) is 11.8 Å². The van der Waals surface area contributed by atoms with Gasteiger partial charge in [-0.3, -0.25) is 4.79 Å². The number of hydrogen-bond donors (Lipinski definition) is 2. The number of β-lactam (4-membered cyclic amide) rings is 1. The molecule has 2 N–H and O–H groups in total. The van der Waals surface area contributed by atoms with Crippen molar-refractivity contribution in [2.45, 2.75) is 43.3 Å². The molecule has 24 heavy (non-hydrogen) atoms. The maximum Gasteiger partial charge on any atom is 0.234 e. The minimum Gasteiger partial charge on any atom is -0.393 e. The molecule has 1 aromatic rings. The Kier molecular flexibility index (Phi) is 4.07. The third-order valence-electron chi connectivity index (χ3n) is 5.06. The molecule has 1 amide bonds. The summed E-state index contributed by atoms with van der Waals surface area (Å²) in [6.07, 6.45) is 3.58. The van der Waals surface area contributed by atoms with Gasteiger partial charge in [-0.05, 0) is 19.4 Å². The first-order chi connectivity index (χ1) is 11.5. The second kappa shape index (κ2) is 5.98. The van der Waals surface area contributed by atoms with Crippen molar-refractivity contribution >= 4 is 34.6 Å². The third-order valence-corrected chi connectivity index (χ3v) is 7.21. The number of fused-ring (bicyclic) bond motifs is 1. The van der Waals surface area contributed by atoms with Gasteiger partial charge in [0, 0.05) is 35.0 Å². The fourth-order valence-corrected chi connectivity index (χ4v) is 5.74. The van der Waals surface area contributed by atoms with Crippen LogP contribution in [0.1, 0.15) is 26.5 Å². The van der Waals surface area contributed by atoms with Crippen LogP contribution in [0.5, 0.6) is 0 Å². The number of hydrogen-bond acceptors (Lipinski definition) is 6. The maximum absolute atomic E-state index is 12.1. The number of thioether (sulfide) groups is 1. The number of nitrogens with zero attached hydrogens (tertiary/aromatic N) is 2. The molecule has 3 aliphatic heterocycles. The van der Waals surface area contributed by atoms with Crippen molar-refractivity contribution in [2.75, 3.05) is 6.54 Å². The molecule has 0 unspecified atom stereocenters. The Labute approximate surface area is 149 Å². The monoisotopic (exact) mass is 363 g/mol. The minimum absolute atomic E-state index is 0.0356. The van der Waals surface area contributed by atoms with Crippen molar-refractivity contribution < 1.29 is 9.90 Å². The molecule has 1 aromatic heterocycles. The smallest absolute Gasteiger partial charge is 0.234 e. The number of aliphatic hydroxyl groups is 1. The summed E-state index contributed by atoms with van der Waals surface area (Å²) >= 11 is 3.30. The highest BCUT2D eigenvalue weighted by Gasteiger charge is 2.55.